The summed E-state index contributed by atoms with van der Waals surface area (Å²) in [4.78, 5) is 12.1. The highest BCUT2D eigenvalue weighted by atomic mass is 16.2. The van der Waals surface area contributed by atoms with Crippen LogP contribution in [0.2, 0.25) is 0 Å². The van der Waals surface area contributed by atoms with Crippen LogP contribution in [0.15, 0.2) is 24.3 Å². The molecule has 1 atom stereocenters. The van der Waals surface area contributed by atoms with E-state index in [-0.39, 0.29) is 11.9 Å². The van der Waals surface area contributed by atoms with Crippen LogP contribution < -0.4 is 10.6 Å². The summed E-state index contributed by atoms with van der Waals surface area (Å²) in [6.07, 6.45) is 1.09. The first kappa shape index (κ1) is 16.7. The molecule has 1 aromatic carbocycles. The molecule has 0 fully saturated rings. The number of likely N-dealkylation sites (N-methyl/N-ethyl adjacent to an activating group) is 1. The van der Waals surface area contributed by atoms with Gasteiger partial charge in [-0.15, -0.1) is 0 Å². The maximum absolute atomic E-state index is 12.1. The van der Waals surface area contributed by atoms with Crippen molar-refractivity contribution in [2.75, 3.05) is 7.05 Å². The standard InChI is InChI=1S/C17H28N2O/c1-12(2)11-14-7-9-15(10-8-14)13(3)19-16(20)17(4,5)18-6/h7-10,12-13,18H,11H2,1-6H3,(H,19,20). The van der Waals surface area contributed by atoms with E-state index in [0.717, 1.165) is 12.0 Å². The Morgan fingerprint density at radius 2 is 1.70 bits per heavy atom. The second kappa shape index (κ2) is 6.89. The quantitative estimate of drug-likeness (QED) is 0.838. The molecule has 0 saturated carbocycles. The van der Waals surface area contributed by atoms with Crippen molar-refractivity contribution >= 4 is 5.91 Å². The number of carbonyl (C=O) groups excluding carboxylic acids is 1. The van der Waals surface area contributed by atoms with Gasteiger partial charge in [-0.3, -0.25) is 4.79 Å². The third-order valence-corrected chi connectivity index (χ3v) is 3.66. The maximum Gasteiger partial charge on any atom is 0.240 e. The van der Waals surface area contributed by atoms with Gasteiger partial charge < -0.3 is 10.6 Å². The molecule has 1 amide bonds. The van der Waals surface area contributed by atoms with Gasteiger partial charge in [-0.2, -0.15) is 0 Å². The van der Waals surface area contributed by atoms with E-state index in [4.69, 9.17) is 0 Å². The van der Waals surface area contributed by atoms with E-state index in [0.29, 0.717) is 5.92 Å². The number of benzene rings is 1. The van der Waals surface area contributed by atoms with Crippen molar-refractivity contribution in [1.82, 2.24) is 10.6 Å². The molecule has 0 spiro atoms. The van der Waals surface area contributed by atoms with E-state index in [2.05, 4.69) is 48.7 Å². The first-order chi connectivity index (χ1) is 9.26. The highest BCUT2D eigenvalue weighted by Crippen LogP contribution is 2.16. The minimum absolute atomic E-state index is 0.0127. The molecule has 0 aliphatic heterocycles. The molecule has 112 valence electrons. The molecule has 3 heteroatoms. The van der Waals surface area contributed by atoms with Gasteiger partial charge in [-0.1, -0.05) is 38.1 Å². The molecule has 3 nitrogen and oxygen atoms in total. The van der Waals surface area contributed by atoms with Crippen LogP contribution in [-0.4, -0.2) is 18.5 Å². The molecule has 0 saturated heterocycles. The van der Waals surface area contributed by atoms with Crippen LogP contribution in [0.4, 0.5) is 0 Å². The third-order valence-electron chi connectivity index (χ3n) is 3.66. The largest absolute Gasteiger partial charge is 0.348 e. The molecule has 0 heterocycles. The molecular weight excluding hydrogens is 248 g/mol. The smallest absolute Gasteiger partial charge is 0.240 e. The fourth-order valence-electron chi connectivity index (χ4n) is 1.99. The summed E-state index contributed by atoms with van der Waals surface area (Å²) in [5.41, 5.74) is 1.93. The van der Waals surface area contributed by atoms with Crippen LogP contribution in [0.1, 0.15) is 51.8 Å². The lowest BCUT2D eigenvalue weighted by atomic mass is 9.99. The summed E-state index contributed by atoms with van der Waals surface area (Å²) in [5.74, 6) is 0.674. The first-order valence-corrected chi connectivity index (χ1v) is 7.35. The van der Waals surface area contributed by atoms with Crippen molar-refractivity contribution < 1.29 is 4.79 Å². The first-order valence-electron chi connectivity index (χ1n) is 7.35. The topological polar surface area (TPSA) is 41.1 Å². The SMILES string of the molecule is CNC(C)(C)C(=O)NC(C)c1ccc(CC(C)C)cc1. The highest BCUT2D eigenvalue weighted by Gasteiger charge is 2.26. The number of hydrogen-bond acceptors (Lipinski definition) is 2. The molecule has 0 aliphatic carbocycles. The van der Waals surface area contributed by atoms with Gasteiger partial charge in [0.2, 0.25) is 5.91 Å². The van der Waals surface area contributed by atoms with E-state index >= 15 is 0 Å². The fraction of sp³-hybridized carbons (Fsp3) is 0.588. The van der Waals surface area contributed by atoms with Crippen molar-refractivity contribution in [3.05, 3.63) is 35.4 Å². The number of nitrogens with one attached hydrogen (secondary N) is 2. The van der Waals surface area contributed by atoms with Gasteiger partial charge in [0.05, 0.1) is 11.6 Å². The van der Waals surface area contributed by atoms with E-state index in [1.165, 1.54) is 5.56 Å². The highest BCUT2D eigenvalue weighted by molar-refractivity contribution is 5.85. The lowest BCUT2D eigenvalue weighted by Crippen LogP contribution is -2.51. The zero-order valence-corrected chi connectivity index (χ0v) is 13.6. The Morgan fingerprint density at radius 1 is 1.15 bits per heavy atom. The summed E-state index contributed by atoms with van der Waals surface area (Å²) < 4.78 is 0. The van der Waals surface area contributed by atoms with Crippen LogP contribution in [0.5, 0.6) is 0 Å². The van der Waals surface area contributed by atoms with Crippen molar-refractivity contribution in [3.63, 3.8) is 0 Å². The minimum atomic E-state index is -0.550. The number of carbonyl (C=O) groups is 1. The molecule has 0 bridgehead atoms. The van der Waals surface area contributed by atoms with E-state index < -0.39 is 5.54 Å². The van der Waals surface area contributed by atoms with Gasteiger partial charge >= 0.3 is 0 Å². The Hall–Kier alpha value is -1.35. The molecule has 1 unspecified atom stereocenters. The summed E-state index contributed by atoms with van der Waals surface area (Å²) in [7, 11) is 1.80. The van der Waals surface area contributed by atoms with Gasteiger partial charge in [0.15, 0.2) is 0 Å². The summed E-state index contributed by atoms with van der Waals surface area (Å²) in [5, 5.41) is 6.06. The van der Waals surface area contributed by atoms with Crippen molar-refractivity contribution in [2.45, 2.75) is 52.6 Å². The van der Waals surface area contributed by atoms with Gasteiger partial charge in [-0.05, 0) is 51.3 Å². The van der Waals surface area contributed by atoms with Crippen LogP contribution in [0.3, 0.4) is 0 Å². The Morgan fingerprint density at radius 3 is 2.15 bits per heavy atom. The van der Waals surface area contributed by atoms with Crippen LogP contribution in [0, 0.1) is 5.92 Å². The van der Waals surface area contributed by atoms with Crippen molar-refractivity contribution in [2.24, 2.45) is 5.92 Å². The molecule has 0 aliphatic rings. The zero-order chi connectivity index (χ0) is 15.3. The normalized spacial score (nSPS) is 13.3. The zero-order valence-electron chi connectivity index (χ0n) is 13.6. The fourth-order valence-corrected chi connectivity index (χ4v) is 1.99. The monoisotopic (exact) mass is 276 g/mol. The summed E-state index contributed by atoms with van der Waals surface area (Å²) >= 11 is 0. The molecule has 0 radical (unpaired) electrons. The molecule has 2 N–H and O–H groups in total. The van der Waals surface area contributed by atoms with E-state index in [1.54, 1.807) is 7.05 Å². The number of rotatable bonds is 6. The number of hydrogen-bond donors (Lipinski definition) is 2. The lowest BCUT2D eigenvalue weighted by Gasteiger charge is -2.25. The molecule has 1 rings (SSSR count). The average molecular weight is 276 g/mol. The van der Waals surface area contributed by atoms with Crippen LogP contribution in [-0.2, 0) is 11.2 Å². The van der Waals surface area contributed by atoms with E-state index in [1.807, 2.05) is 20.8 Å². The summed E-state index contributed by atoms with van der Waals surface area (Å²) in [6, 6.07) is 8.54. The van der Waals surface area contributed by atoms with Gasteiger partial charge in [0, 0.05) is 0 Å². The predicted octanol–water partition coefficient (Wildman–Crippen LogP) is 3.06. The molecule has 1 aromatic rings. The van der Waals surface area contributed by atoms with E-state index in [9.17, 15) is 4.79 Å². The van der Waals surface area contributed by atoms with Crippen molar-refractivity contribution in [3.8, 4) is 0 Å². The van der Waals surface area contributed by atoms with Crippen LogP contribution in [0.25, 0.3) is 0 Å². The molecular formula is C17H28N2O. The van der Waals surface area contributed by atoms with Gasteiger partial charge in [0.25, 0.3) is 0 Å². The Kier molecular flexibility index (Phi) is 5.75. The molecule has 20 heavy (non-hydrogen) atoms. The lowest BCUT2D eigenvalue weighted by molar-refractivity contribution is -0.126. The Labute approximate surface area is 123 Å². The molecule has 0 aromatic heterocycles. The van der Waals surface area contributed by atoms with Gasteiger partial charge in [0.1, 0.15) is 0 Å². The minimum Gasteiger partial charge on any atom is -0.348 e. The Balaban J connectivity index is 2.68. The number of amides is 1. The maximum atomic E-state index is 12.1. The second-order valence-corrected chi connectivity index (χ2v) is 6.41. The third kappa shape index (κ3) is 4.64. The summed E-state index contributed by atoms with van der Waals surface area (Å²) in [6.45, 7) is 10.2. The second-order valence-electron chi connectivity index (χ2n) is 6.41. The van der Waals surface area contributed by atoms with Crippen LogP contribution >= 0.6 is 0 Å². The Bertz CT molecular complexity index is 435. The van der Waals surface area contributed by atoms with Gasteiger partial charge in [-0.25, -0.2) is 0 Å². The van der Waals surface area contributed by atoms with Crippen molar-refractivity contribution in [1.29, 1.82) is 0 Å². The average Bonchev–Trinajstić information content (AvgIpc) is 2.38. The predicted molar refractivity (Wildman–Crippen MR) is 84.7 cm³/mol.